The van der Waals surface area contributed by atoms with Crippen molar-refractivity contribution in [2.75, 3.05) is 36.2 Å². The highest BCUT2D eigenvalue weighted by molar-refractivity contribution is 6.33. The van der Waals surface area contributed by atoms with Gasteiger partial charge in [0.15, 0.2) is 11.6 Å². The maximum Gasteiger partial charge on any atom is 0.161 e. The van der Waals surface area contributed by atoms with Crippen molar-refractivity contribution in [2.45, 2.75) is 0 Å². The van der Waals surface area contributed by atoms with Gasteiger partial charge in [0, 0.05) is 33.4 Å². The van der Waals surface area contributed by atoms with E-state index in [0.717, 1.165) is 67.8 Å². The number of hydrogen-bond donors (Lipinski definition) is 0. The molecule has 0 bridgehead atoms. The van der Waals surface area contributed by atoms with Gasteiger partial charge in [-0.05, 0) is 24.3 Å². The van der Waals surface area contributed by atoms with Crippen molar-refractivity contribution in [3.8, 4) is 67.8 Å². The fraction of sp³-hybridized carbons (Fsp3) is 0.0870. The van der Waals surface area contributed by atoms with E-state index in [0.29, 0.717) is 36.2 Å². The van der Waals surface area contributed by atoms with E-state index in [9.17, 15) is 0 Å². The molecular formula is C46H36Cl2N6. The smallest absolute Gasteiger partial charge is 0.161 e. The first-order valence-corrected chi connectivity index (χ1v) is 18.9. The van der Waals surface area contributed by atoms with Crippen LogP contribution in [0.1, 0.15) is 0 Å². The molecule has 6 aromatic carbocycles. The molecule has 6 nitrogen and oxygen atoms in total. The first-order valence-electron chi connectivity index (χ1n) is 18.1. The predicted octanol–water partition coefficient (Wildman–Crippen LogP) is 11.0. The second kappa shape index (κ2) is 14.7. The lowest BCUT2D eigenvalue weighted by molar-refractivity contribution is 0.471. The Hall–Kier alpha value is -6.08. The van der Waals surface area contributed by atoms with E-state index in [2.05, 4.69) is 141 Å². The molecule has 1 aliphatic rings. The summed E-state index contributed by atoms with van der Waals surface area (Å²) in [4.78, 5) is 10.8. The number of rotatable bonds is 8. The molecule has 1 aliphatic heterocycles. The van der Waals surface area contributed by atoms with Gasteiger partial charge in [-0.1, -0.05) is 169 Å². The number of benzene rings is 6. The minimum Gasteiger partial charge on any atom is -0.307 e. The third-order valence-electron chi connectivity index (χ3n) is 9.93. The van der Waals surface area contributed by atoms with Gasteiger partial charge in [0.25, 0.3) is 0 Å². The van der Waals surface area contributed by atoms with Crippen LogP contribution in [0.4, 0.5) is 0 Å². The van der Waals surface area contributed by atoms with Gasteiger partial charge in [0.2, 0.25) is 0 Å². The van der Waals surface area contributed by atoms with E-state index in [-0.39, 0.29) is 0 Å². The Bertz CT molecular complexity index is 2350. The van der Waals surface area contributed by atoms with E-state index in [4.69, 9.17) is 33.2 Å². The van der Waals surface area contributed by atoms with Crippen LogP contribution in [0.5, 0.6) is 0 Å². The predicted molar refractivity (Wildman–Crippen MR) is 223 cm³/mol. The lowest BCUT2D eigenvalue weighted by atomic mass is 10.1. The summed E-state index contributed by atoms with van der Waals surface area (Å²) >= 11 is 13.9. The summed E-state index contributed by atoms with van der Waals surface area (Å²) in [6.45, 7) is 2.82. The Balaban J connectivity index is 1.20. The molecule has 0 spiro atoms. The molecule has 1 fully saturated rings. The van der Waals surface area contributed by atoms with Gasteiger partial charge in [-0.15, -0.1) is 0 Å². The average Bonchev–Trinajstić information content (AvgIpc) is 3.83. The standard InChI is InChI=1S/C46H36Cl2N6/c47-39-27-15-13-25-37(39)45-49-41(33-17-5-1-6-18-33)43(35-21-9-3-10-22-35)53(45)51-29-31-52(32-30-51)54-44(36-23-11-4-12-24-36)42(34-19-7-2-8-20-34)50-46(54)38-26-14-16-28-40(38)48/h1-28H,29-32H2. The van der Waals surface area contributed by atoms with Crippen molar-refractivity contribution in [3.63, 3.8) is 0 Å². The van der Waals surface area contributed by atoms with Crippen LogP contribution in [0.25, 0.3) is 67.8 Å². The van der Waals surface area contributed by atoms with Crippen molar-refractivity contribution in [2.24, 2.45) is 0 Å². The molecule has 1 saturated heterocycles. The second-order valence-electron chi connectivity index (χ2n) is 13.2. The van der Waals surface area contributed by atoms with Crippen LogP contribution >= 0.6 is 23.2 Å². The fourth-order valence-corrected chi connectivity index (χ4v) is 7.84. The second-order valence-corrected chi connectivity index (χ2v) is 14.0. The van der Waals surface area contributed by atoms with Crippen LogP contribution < -0.4 is 10.0 Å². The average molecular weight is 744 g/mol. The molecule has 0 aliphatic carbocycles. The Morgan fingerprint density at radius 2 is 0.648 bits per heavy atom. The SMILES string of the molecule is Clc1ccccc1-c1nc(-c2ccccc2)c(-c2ccccc2)n1N1CCN(n2c(-c3ccccc3Cl)nc(-c3ccccc3)c2-c2ccccc2)CC1. The molecule has 54 heavy (non-hydrogen) atoms. The Kier molecular flexibility index (Phi) is 9.21. The van der Waals surface area contributed by atoms with E-state index >= 15 is 0 Å². The van der Waals surface area contributed by atoms with Crippen molar-refractivity contribution in [1.82, 2.24) is 19.3 Å². The maximum atomic E-state index is 6.94. The van der Waals surface area contributed by atoms with Crippen LogP contribution in [0.3, 0.4) is 0 Å². The highest BCUT2D eigenvalue weighted by atomic mass is 35.5. The molecule has 264 valence electrons. The molecule has 8 aromatic rings. The van der Waals surface area contributed by atoms with Crippen molar-refractivity contribution < 1.29 is 0 Å². The zero-order valence-corrected chi connectivity index (χ0v) is 30.9. The zero-order chi connectivity index (χ0) is 36.4. The van der Waals surface area contributed by atoms with Crippen molar-refractivity contribution in [1.29, 1.82) is 0 Å². The highest BCUT2D eigenvalue weighted by Crippen LogP contribution is 2.41. The lowest BCUT2D eigenvalue weighted by Crippen LogP contribution is -2.55. The fourth-order valence-electron chi connectivity index (χ4n) is 7.40. The van der Waals surface area contributed by atoms with Crippen molar-refractivity contribution >= 4 is 23.2 Å². The Labute approximate surface area is 325 Å². The summed E-state index contributed by atoms with van der Waals surface area (Å²) < 4.78 is 4.60. The lowest BCUT2D eigenvalue weighted by Gasteiger charge is -2.40. The molecule has 2 aromatic heterocycles. The van der Waals surface area contributed by atoms with E-state index in [1.807, 2.05) is 48.5 Å². The normalized spacial score (nSPS) is 13.0. The van der Waals surface area contributed by atoms with E-state index in [1.54, 1.807) is 0 Å². The van der Waals surface area contributed by atoms with Gasteiger partial charge in [-0.3, -0.25) is 0 Å². The van der Waals surface area contributed by atoms with Crippen LogP contribution in [0.15, 0.2) is 170 Å². The quantitative estimate of drug-likeness (QED) is 0.155. The molecular weight excluding hydrogens is 707 g/mol. The summed E-state index contributed by atoms with van der Waals surface area (Å²) in [6.07, 6.45) is 0. The largest absolute Gasteiger partial charge is 0.307 e. The number of imidazole rings is 2. The molecule has 3 heterocycles. The maximum absolute atomic E-state index is 6.94. The van der Waals surface area contributed by atoms with Gasteiger partial charge >= 0.3 is 0 Å². The third-order valence-corrected chi connectivity index (χ3v) is 10.6. The zero-order valence-electron chi connectivity index (χ0n) is 29.4. The van der Waals surface area contributed by atoms with Gasteiger partial charge < -0.3 is 10.0 Å². The van der Waals surface area contributed by atoms with E-state index in [1.165, 1.54) is 0 Å². The monoisotopic (exact) mass is 742 g/mol. The van der Waals surface area contributed by atoms with E-state index < -0.39 is 0 Å². The van der Waals surface area contributed by atoms with Crippen LogP contribution in [0, 0.1) is 0 Å². The summed E-state index contributed by atoms with van der Waals surface area (Å²) in [5, 5.41) is 6.13. The van der Waals surface area contributed by atoms with Gasteiger partial charge in [0.1, 0.15) is 0 Å². The van der Waals surface area contributed by atoms with Gasteiger partial charge in [0.05, 0.1) is 59.0 Å². The minimum atomic E-state index is 0.658. The summed E-state index contributed by atoms with van der Waals surface area (Å²) in [7, 11) is 0. The molecule has 8 heteroatoms. The van der Waals surface area contributed by atoms with Gasteiger partial charge in [-0.25, -0.2) is 19.3 Å². The topological polar surface area (TPSA) is 42.1 Å². The van der Waals surface area contributed by atoms with Crippen LogP contribution in [0.2, 0.25) is 10.0 Å². The summed E-state index contributed by atoms with van der Waals surface area (Å²) in [5.74, 6) is 1.62. The highest BCUT2D eigenvalue weighted by Gasteiger charge is 2.31. The molecule has 0 radical (unpaired) electrons. The number of halogens is 2. The Morgan fingerprint density at radius 1 is 0.352 bits per heavy atom. The van der Waals surface area contributed by atoms with Gasteiger partial charge in [-0.2, -0.15) is 0 Å². The molecule has 0 unspecified atom stereocenters. The number of nitrogens with zero attached hydrogens (tertiary/aromatic N) is 6. The molecule has 0 saturated carbocycles. The number of hydrogen-bond acceptors (Lipinski definition) is 4. The van der Waals surface area contributed by atoms with Crippen LogP contribution in [-0.4, -0.2) is 45.5 Å². The molecule has 0 atom stereocenters. The first-order chi connectivity index (χ1) is 26.7. The molecule has 0 amide bonds. The summed E-state index contributed by atoms with van der Waals surface area (Å²) in [5.41, 5.74) is 9.91. The number of aromatic nitrogens is 4. The third kappa shape index (κ3) is 6.23. The molecule has 9 rings (SSSR count). The van der Waals surface area contributed by atoms with Crippen molar-refractivity contribution in [3.05, 3.63) is 180 Å². The minimum absolute atomic E-state index is 0.658. The Morgan fingerprint density at radius 3 is 0.981 bits per heavy atom. The molecule has 0 N–H and O–H groups in total. The summed E-state index contributed by atoms with van der Waals surface area (Å²) in [6, 6.07) is 57.8. The first kappa shape index (κ1) is 33.7. The number of piperazine rings is 1. The van der Waals surface area contributed by atoms with Crippen LogP contribution in [-0.2, 0) is 0 Å².